The molecule has 3 rings (SSSR count). The first-order valence-electron chi connectivity index (χ1n) is 5.66. The Kier molecular flexibility index (Phi) is 2.33. The van der Waals surface area contributed by atoms with Gasteiger partial charge in [0.25, 0.3) is 0 Å². The summed E-state index contributed by atoms with van der Waals surface area (Å²) in [5, 5.41) is 23.6. The Morgan fingerprint density at radius 1 is 1.35 bits per heavy atom. The van der Waals surface area contributed by atoms with Gasteiger partial charge in [-0.05, 0) is 25.0 Å². The van der Waals surface area contributed by atoms with Crippen molar-refractivity contribution in [2.45, 2.75) is 25.5 Å². The van der Waals surface area contributed by atoms with E-state index in [1.54, 1.807) is 22.9 Å². The van der Waals surface area contributed by atoms with Crippen molar-refractivity contribution in [3.8, 4) is 17.1 Å². The minimum Gasteiger partial charge on any atom is -0.508 e. The lowest BCUT2D eigenvalue weighted by atomic mass is 10.1. The summed E-state index contributed by atoms with van der Waals surface area (Å²) in [4.78, 5) is 4.33. The zero-order chi connectivity index (χ0) is 11.8. The van der Waals surface area contributed by atoms with Gasteiger partial charge in [0, 0.05) is 12.1 Å². The largest absolute Gasteiger partial charge is 0.508 e. The molecular weight excluding hydrogens is 218 g/mol. The summed E-state index contributed by atoms with van der Waals surface area (Å²) in [6.07, 6.45) is 1.12. The molecule has 5 heteroatoms. The average molecular weight is 231 g/mol. The molecule has 2 aromatic rings. The second-order valence-electron chi connectivity index (χ2n) is 4.23. The van der Waals surface area contributed by atoms with Crippen LogP contribution in [0.15, 0.2) is 24.3 Å². The van der Waals surface area contributed by atoms with Crippen molar-refractivity contribution >= 4 is 0 Å². The van der Waals surface area contributed by atoms with Crippen molar-refractivity contribution in [1.29, 1.82) is 0 Å². The fraction of sp³-hybridized carbons (Fsp3) is 0.333. The van der Waals surface area contributed by atoms with Crippen LogP contribution in [0.2, 0.25) is 0 Å². The number of aryl methyl sites for hydroxylation is 1. The van der Waals surface area contributed by atoms with E-state index in [1.807, 2.05) is 6.07 Å². The van der Waals surface area contributed by atoms with E-state index < -0.39 is 6.10 Å². The van der Waals surface area contributed by atoms with Gasteiger partial charge in [-0.15, -0.1) is 0 Å². The molecule has 1 aromatic carbocycles. The number of rotatable bonds is 1. The fourth-order valence-electron chi connectivity index (χ4n) is 2.10. The third-order valence-corrected chi connectivity index (χ3v) is 2.95. The molecule has 0 fully saturated rings. The zero-order valence-corrected chi connectivity index (χ0v) is 9.24. The van der Waals surface area contributed by atoms with Crippen LogP contribution in [-0.2, 0) is 6.54 Å². The second kappa shape index (κ2) is 3.85. The Hall–Kier alpha value is -1.88. The molecule has 1 aliphatic rings. The van der Waals surface area contributed by atoms with Crippen LogP contribution < -0.4 is 0 Å². The van der Waals surface area contributed by atoms with E-state index in [4.69, 9.17) is 0 Å². The lowest BCUT2D eigenvalue weighted by Crippen LogP contribution is -2.16. The molecule has 1 aromatic heterocycles. The van der Waals surface area contributed by atoms with Crippen molar-refractivity contribution in [3.05, 3.63) is 30.1 Å². The van der Waals surface area contributed by atoms with Crippen molar-refractivity contribution in [1.82, 2.24) is 14.8 Å². The van der Waals surface area contributed by atoms with Gasteiger partial charge >= 0.3 is 0 Å². The normalized spacial score (nSPS) is 19.0. The predicted molar refractivity (Wildman–Crippen MR) is 61.3 cm³/mol. The number of aromatic hydroxyl groups is 1. The van der Waals surface area contributed by atoms with Crippen LogP contribution in [0.25, 0.3) is 11.4 Å². The molecule has 0 aliphatic carbocycles. The van der Waals surface area contributed by atoms with Crippen LogP contribution in [0.5, 0.6) is 5.75 Å². The standard InChI is InChI=1S/C12H13N3O2/c16-9-4-1-3-8(7-9)11-13-12-10(17)5-2-6-15(12)14-11/h1,3-4,7,10,16-17H,2,5-6H2. The van der Waals surface area contributed by atoms with Gasteiger partial charge in [0.15, 0.2) is 11.6 Å². The molecule has 1 atom stereocenters. The van der Waals surface area contributed by atoms with E-state index in [0.29, 0.717) is 11.6 Å². The maximum Gasteiger partial charge on any atom is 0.181 e. The first-order chi connectivity index (χ1) is 8.24. The maximum absolute atomic E-state index is 9.80. The Bertz CT molecular complexity index is 550. The van der Waals surface area contributed by atoms with Crippen LogP contribution in [-0.4, -0.2) is 25.0 Å². The maximum atomic E-state index is 9.80. The minimum absolute atomic E-state index is 0.191. The summed E-state index contributed by atoms with van der Waals surface area (Å²) in [5.74, 6) is 1.36. The Morgan fingerprint density at radius 2 is 2.24 bits per heavy atom. The molecule has 0 radical (unpaired) electrons. The van der Waals surface area contributed by atoms with Crippen LogP contribution in [0.1, 0.15) is 24.8 Å². The van der Waals surface area contributed by atoms with Crippen molar-refractivity contribution in [2.24, 2.45) is 0 Å². The van der Waals surface area contributed by atoms with Gasteiger partial charge in [-0.1, -0.05) is 12.1 Å². The molecule has 0 saturated carbocycles. The van der Waals surface area contributed by atoms with Gasteiger partial charge < -0.3 is 10.2 Å². The van der Waals surface area contributed by atoms with Gasteiger partial charge in [0.1, 0.15) is 11.9 Å². The van der Waals surface area contributed by atoms with E-state index >= 15 is 0 Å². The number of hydrogen-bond acceptors (Lipinski definition) is 4. The fourth-order valence-corrected chi connectivity index (χ4v) is 2.10. The highest BCUT2D eigenvalue weighted by Gasteiger charge is 2.22. The monoisotopic (exact) mass is 231 g/mol. The van der Waals surface area contributed by atoms with Crippen LogP contribution in [0, 0.1) is 0 Å². The molecule has 17 heavy (non-hydrogen) atoms. The van der Waals surface area contributed by atoms with Crippen molar-refractivity contribution < 1.29 is 10.2 Å². The quantitative estimate of drug-likeness (QED) is 0.779. The third kappa shape index (κ3) is 1.78. The summed E-state index contributed by atoms with van der Waals surface area (Å²) in [6, 6.07) is 6.82. The number of fused-ring (bicyclic) bond motifs is 1. The predicted octanol–water partition coefficient (Wildman–Crippen LogP) is 1.48. The first kappa shape index (κ1) is 10.3. The first-order valence-corrected chi connectivity index (χ1v) is 5.66. The summed E-state index contributed by atoms with van der Waals surface area (Å²) < 4.78 is 1.74. The Labute approximate surface area is 98.4 Å². The van der Waals surface area contributed by atoms with E-state index in [9.17, 15) is 10.2 Å². The molecule has 0 bridgehead atoms. The van der Waals surface area contributed by atoms with Gasteiger partial charge in [-0.2, -0.15) is 5.10 Å². The molecular formula is C12H13N3O2. The molecule has 0 amide bonds. The Balaban J connectivity index is 2.05. The van der Waals surface area contributed by atoms with E-state index in [0.717, 1.165) is 24.9 Å². The van der Waals surface area contributed by atoms with Gasteiger partial charge in [-0.25, -0.2) is 9.67 Å². The summed E-state index contributed by atoms with van der Waals surface area (Å²) in [5.41, 5.74) is 0.763. The molecule has 2 heterocycles. The molecule has 88 valence electrons. The number of phenols is 1. The van der Waals surface area contributed by atoms with Gasteiger partial charge in [0.2, 0.25) is 0 Å². The highest BCUT2D eigenvalue weighted by molar-refractivity contribution is 5.57. The molecule has 1 aliphatic heterocycles. The highest BCUT2D eigenvalue weighted by Crippen LogP contribution is 2.26. The third-order valence-electron chi connectivity index (χ3n) is 2.95. The van der Waals surface area contributed by atoms with Gasteiger partial charge in [-0.3, -0.25) is 0 Å². The molecule has 0 spiro atoms. The van der Waals surface area contributed by atoms with Crippen LogP contribution in [0.4, 0.5) is 0 Å². The molecule has 0 saturated heterocycles. The molecule has 1 unspecified atom stereocenters. The number of benzene rings is 1. The molecule has 5 nitrogen and oxygen atoms in total. The van der Waals surface area contributed by atoms with Crippen LogP contribution >= 0.6 is 0 Å². The second-order valence-corrected chi connectivity index (χ2v) is 4.23. The SMILES string of the molecule is Oc1cccc(-c2nc3n(n2)CCCC3O)c1. The number of phenolic OH excluding ortho intramolecular Hbond substituents is 1. The smallest absolute Gasteiger partial charge is 0.181 e. The highest BCUT2D eigenvalue weighted by atomic mass is 16.3. The van der Waals surface area contributed by atoms with Crippen molar-refractivity contribution in [2.75, 3.05) is 0 Å². The number of aliphatic hydroxyl groups is 1. The topological polar surface area (TPSA) is 71.2 Å². The van der Waals surface area contributed by atoms with Gasteiger partial charge in [0.05, 0.1) is 0 Å². The van der Waals surface area contributed by atoms with E-state index in [-0.39, 0.29) is 5.75 Å². The Morgan fingerprint density at radius 3 is 3.00 bits per heavy atom. The lowest BCUT2D eigenvalue weighted by Gasteiger charge is -2.16. The lowest BCUT2D eigenvalue weighted by molar-refractivity contribution is 0.130. The number of hydrogen-bond donors (Lipinski definition) is 2. The zero-order valence-electron chi connectivity index (χ0n) is 9.24. The minimum atomic E-state index is -0.526. The molecule has 2 N–H and O–H groups in total. The summed E-state index contributed by atoms with van der Waals surface area (Å²) in [6.45, 7) is 0.790. The number of aliphatic hydroxyl groups excluding tert-OH is 1. The number of nitrogens with zero attached hydrogens (tertiary/aromatic N) is 3. The van der Waals surface area contributed by atoms with E-state index in [1.165, 1.54) is 0 Å². The van der Waals surface area contributed by atoms with E-state index in [2.05, 4.69) is 10.1 Å². The summed E-state index contributed by atoms with van der Waals surface area (Å²) in [7, 11) is 0. The van der Waals surface area contributed by atoms with Crippen molar-refractivity contribution in [3.63, 3.8) is 0 Å². The van der Waals surface area contributed by atoms with Crippen LogP contribution in [0.3, 0.4) is 0 Å². The summed E-state index contributed by atoms with van der Waals surface area (Å²) >= 11 is 0. The number of aromatic nitrogens is 3. The average Bonchev–Trinajstić information content (AvgIpc) is 2.74.